The highest BCUT2D eigenvalue weighted by Crippen LogP contribution is 2.33. The molecule has 4 nitrogen and oxygen atoms in total. The molecule has 0 saturated heterocycles. The van der Waals surface area contributed by atoms with E-state index in [4.69, 9.17) is 4.74 Å². The van der Waals surface area contributed by atoms with Crippen molar-refractivity contribution in [1.82, 2.24) is 5.32 Å². The first kappa shape index (κ1) is 16.0. The third-order valence-electron chi connectivity index (χ3n) is 4.26. The molecule has 1 aliphatic rings. The van der Waals surface area contributed by atoms with Gasteiger partial charge in [-0.05, 0) is 45.4 Å². The number of amides is 1. The van der Waals surface area contributed by atoms with E-state index in [2.05, 4.69) is 11.4 Å². The second-order valence-corrected chi connectivity index (χ2v) is 6.23. The third kappa shape index (κ3) is 3.63. The number of ether oxygens (including phenoxy) is 1. The molecular formula is C17H26N2O2. The molecule has 1 amide bonds. The lowest BCUT2D eigenvalue weighted by atomic mass is 10.0. The number of carbonyl (C=O) groups excluding carboxylic acids is 1. The van der Waals surface area contributed by atoms with Gasteiger partial charge in [-0.2, -0.15) is 0 Å². The Morgan fingerprint density at radius 3 is 2.81 bits per heavy atom. The van der Waals surface area contributed by atoms with Crippen LogP contribution in [0.5, 0.6) is 0 Å². The smallest absolute Gasteiger partial charge is 0.229 e. The van der Waals surface area contributed by atoms with E-state index < -0.39 is 5.60 Å². The number of hydrogen-bond acceptors (Lipinski definition) is 3. The lowest BCUT2D eigenvalue weighted by Crippen LogP contribution is -2.38. The second kappa shape index (κ2) is 6.58. The quantitative estimate of drug-likeness (QED) is 0.927. The summed E-state index contributed by atoms with van der Waals surface area (Å²) >= 11 is 0. The number of methoxy groups -OCH3 is 1. The average molecular weight is 290 g/mol. The van der Waals surface area contributed by atoms with Gasteiger partial charge in [0, 0.05) is 25.4 Å². The molecule has 1 N–H and O–H groups in total. The minimum Gasteiger partial charge on any atom is -0.378 e. The largest absolute Gasteiger partial charge is 0.378 e. The predicted molar refractivity (Wildman–Crippen MR) is 85.5 cm³/mol. The van der Waals surface area contributed by atoms with E-state index in [9.17, 15) is 4.79 Å². The first-order valence-electron chi connectivity index (χ1n) is 7.60. The molecule has 1 unspecified atom stereocenters. The number of fused-ring (bicyclic) bond motifs is 1. The Bertz CT molecular complexity index is 499. The van der Waals surface area contributed by atoms with Crippen LogP contribution in [0.3, 0.4) is 0 Å². The number of carbonyl (C=O) groups is 1. The molecule has 1 heterocycles. The zero-order chi connectivity index (χ0) is 15.5. The third-order valence-corrected chi connectivity index (χ3v) is 4.26. The van der Waals surface area contributed by atoms with Crippen LogP contribution in [0, 0.1) is 0 Å². The lowest BCUT2D eigenvalue weighted by Gasteiger charge is -2.28. The van der Waals surface area contributed by atoms with Gasteiger partial charge in [-0.15, -0.1) is 0 Å². The SMILES string of the molecule is CNC1CCCN(C(=O)CC(C)(C)OC)c2ccccc21. The van der Waals surface area contributed by atoms with Crippen molar-refractivity contribution >= 4 is 11.6 Å². The number of nitrogens with zero attached hydrogens (tertiary/aromatic N) is 1. The second-order valence-electron chi connectivity index (χ2n) is 6.23. The maximum Gasteiger partial charge on any atom is 0.229 e. The zero-order valence-corrected chi connectivity index (χ0v) is 13.5. The van der Waals surface area contributed by atoms with Gasteiger partial charge in [0.1, 0.15) is 0 Å². The molecule has 0 bridgehead atoms. The molecule has 0 aromatic heterocycles. The van der Waals surface area contributed by atoms with Crippen molar-refractivity contribution in [2.24, 2.45) is 0 Å². The van der Waals surface area contributed by atoms with Gasteiger partial charge in [0.25, 0.3) is 0 Å². The van der Waals surface area contributed by atoms with Crippen molar-refractivity contribution in [3.05, 3.63) is 29.8 Å². The monoisotopic (exact) mass is 290 g/mol. The highest BCUT2D eigenvalue weighted by molar-refractivity contribution is 5.95. The standard InChI is InChI=1S/C17H26N2O2/c1-17(2,21-4)12-16(20)19-11-7-9-14(18-3)13-8-5-6-10-15(13)19/h5-6,8,10,14,18H,7,9,11-12H2,1-4H3. The number of para-hydroxylation sites is 1. The Morgan fingerprint density at radius 1 is 1.43 bits per heavy atom. The van der Waals surface area contributed by atoms with Crippen LogP contribution in [-0.4, -0.2) is 32.2 Å². The zero-order valence-electron chi connectivity index (χ0n) is 13.5. The topological polar surface area (TPSA) is 41.6 Å². The Kier molecular flexibility index (Phi) is 5.01. The van der Waals surface area contributed by atoms with E-state index in [0.717, 1.165) is 25.1 Å². The molecule has 116 valence electrons. The number of benzene rings is 1. The fourth-order valence-corrected chi connectivity index (χ4v) is 2.85. The summed E-state index contributed by atoms with van der Waals surface area (Å²) in [5.74, 6) is 0.131. The van der Waals surface area contributed by atoms with E-state index in [1.807, 2.05) is 44.0 Å². The van der Waals surface area contributed by atoms with E-state index in [1.54, 1.807) is 7.11 Å². The first-order chi connectivity index (χ1) is 9.98. The van der Waals surface area contributed by atoms with Gasteiger partial charge >= 0.3 is 0 Å². The molecule has 2 rings (SSSR count). The van der Waals surface area contributed by atoms with Crippen molar-refractivity contribution < 1.29 is 9.53 Å². The number of rotatable bonds is 4. The summed E-state index contributed by atoms with van der Waals surface area (Å²) in [4.78, 5) is 14.6. The Labute approximate surface area is 127 Å². The van der Waals surface area contributed by atoms with Gasteiger partial charge in [0.05, 0.1) is 12.0 Å². The maximum absolute atomic E-state index is 12.7. The molecule has 1 aliphatic heterocycles. The van der Waals surface area contributed by atoms with Gasteiger partial charge in [0.2, 0.25) is 5.91 Å². The fraction of sp³-hybridized carbons (Fsp3) is 0.588. The summed E-state index contributed by atoms with van der Waals surface area (Å²) in [6.45, 7) is 4.67. The lowest BCUT2D eigenvalue weighted by molar-refractivity contribution is -0.123. The van der Waals surface area contributed by atoms with Crippen molar-refractivity contribution in [3.63, 3.8) is 0 Å². The average Bonchev–Trinajstić information content (AvgIpc) is 2.66. The van der Waals surface area contributed by atoms with Crippen molar-refractivity contribution in [2.45, 2.75) is 44.8 Å². The summed E-state index contributed by atoms with van der Waals surface area (Å²) in [5, 5.41) is 3.36. The molecule has 0 fully saturated rings. The number of anilines is 1. The van der Waals surface area contributed by atoms with E-state index >= 15 is 0 Å². The molecule has 0 spiro atoms. The Hall–Kier alpha value is -1.39. The minimum absolute atomic E-state index is 0.131. The van der Waals surface area contributed by atoms with Crippen molar-refractivity contribution in [2.75, 3.05) is 25.6 Å². The molecule has 1 aromatic rings. The molecule has 1 atom stereocenters. The van der Waals surface area contributed by atoms with E-state index in [-0.39, 0.29) is 5.91 Å². The van der Waals surface area contributed by atoms with E-state index in [1.165, 1.54) is 5.56 Å². The molecule has 0 radical (unpaired) electrons. The molecule has 21 heavy (non-hydrogen) atoms. The molecule has 4 heteroatoms. The van der Waals surface area contributed by atoms with Crippen LogP contribution in [0.4, 0.5) is 5.69 Å². The highest BCUT2D eigenvalue weighted by Gasteiger charge is 2.29. The fourth-order valence-electron chi connectivity index (χ4n) is 2.85. The number of nitrogens with one attached hydrogen (secondary N) is 1. The predicted octanol–water partition coefficient (Wildman–Crippen LogP) is 2.89. The van der Waals surface area contributed by atoms with Gasteiger partial charge in [-0.3, -0.25) is 4.79 Å². The van der Waals surface area contributed by atoms with Crippen LogP contribution >= 0.6 is 0 Å². The van der Waals surface area contributed by atoms with Crippen molar-refractivity contribution in [1.29, 1.82) is 0 Å². The molecule has 1 aromatic carbocycles. The molecule has 0 saturated carbocycles. The van der Waals surface area contributed by atoms with Gasteiger partial charge in [-0.1, -0.05) is 18.2 Å². The normalized spacial score (nSPS) is 19.0. The van der Waals surface area contributed by atoms with Gasteiger partial charge in [-0.25, -0.2) is 0 Å². The summed E-state index contributed by atoms with van der Waals surface area (Å²) in [5.41, 5.74) is 1.81. The summed E-state index contributed by atoms with van der Waals surface area (Å²) in [7, 11) is 3.63. The summed E-state index contributed by atoms with van der Waals surface area (Å²) < 4.78 is 5.40. The van der Waals surface area contributed by atoms with Crippen LogP contribution in [0.25, 0.3) is 0 Å². The Balaban J connectivity index is 2.29. The summed E-state index contributed by atoms with van der Waals surface area (Å²) in [6.07, 6.45) is 2.44. The van der Waals surface area contributed by atoms with Crippen LogP contribution in [0.15, 0.2) is 24.3 Å². The van der Waals surface area contributed by atoms with Gasteiger partial charge in [0.15, 0.2) is 0 Å². The van der Waals surface area contributed by atoms with Crippen LogP contribution in [-0.2, 0) is 9.53 Å². The molecular weight excluding hydrogens is 264 g/mol. The maximum atomic E-state index is 12.7. The van der Waals surface area contributed by atoms with Crippen LogP contribution < -0.4 is 10.2 Å². The van der Waals surface area contributed by atoms with E-state index in [0.29, 0.717) is 12.5 Å². The van der Waals surface area contributed by atoms with Crippen LogP contribution in [0.2, 0.25) is 0 Å². The highest BCUT2D eigenvalue weighted by atomic mass is 16.5. The number of hydrogen-bond donors (Lipinski definition) is 1. The van der Waals surface area contributed by atoms with Gasteiger partial charge < -0.3 is 15.0 Å². The Morgan fingerprint density at radius 2 is 2.14 bits per heavy atom. The minimum atomic E-state index is -0.430. The summed E-state index contributed by atoms with van der Waals surface area (Å²) in [6, 6.07) is 8.51. The van der Waals surface area contributed by atoms with Crippen molar-refractivity contribution in [3.8, 4) is 0 Å². The first-order valence-corrected chi connectivity index (χ1v) is 7.60. The molecule has 0 aliphatic carbocycles. The van der Waals surface area contributed by atoms with Crippen LogP contribution in [0.1, 0.15) is 44.7 Å².